The molecule has 0 radical (unpaired) electrons. The zero-order valence-corrected chi connectivity index (χ0v) is 40.7. The quantitative estimate of drug-likeness (QED) is 0.131. The first kappa shape index (κ1) is 46.4. The van der Waals surface area contributed by atoms with Crippen molar-refractivity contribution in [2.24, 2.45) is 0 Å². The molecule has 0 saturated carbocycles. The molecule has 9 heteroatoms. The van der Waals surface area contributed by atoms with Crippen LogP contribution in [0.25, 0.3) is 56.2 Å². The van der Waals surface area contributed by atoms with Crippen molar-refractivity contribution >= 4 is 23.1 Å². The maximum absolute atomic E-state index is 11.1. The summed E-state index contributed by atoms with van der Waals surface area (Å²) in [5.41, 5.74) is 16.7. The smallest absolute Gasteiger partial charge is 0.545 e. The SMILES string of the molecule is Cc1ccc(C2=CC(C)(C)Oc3ccc(-c4ccc(-c5ccc(C(=O)O)cc5)[nH]4)cc32)cc1.Cc1ccc(C2=CC(C)(C)Oc3ccc(-c4ccc(-c5ccc(C(=O)[O-])cc5)[nH]4)cc32)cc1.[Na+]. The molecule has 2 aliphatic heterocycles. The van der Waals surface area contributed by atoms with E-state index in [1.54, 1.807) is 36.4 Å². The molecule has 0 fully saturated rings. The van der Waals surface area contributed by atoms with Crippen LogP contribution in [0.4, 0.5) is 0 Å². The van der Waals surface area contributed by atoms with Crippen molar-refractivity contribution in [2.45, 2.75) is 52.7 Å². The van der Waals surface area contributed by atoms with Crippen molar-refractivity contribution in [3.63, 3.8) is 0 Å². The second-order valence-electron chi connectivity index (χ2n) is 18.0. The molecule has 2 aromatic heterocycles. The molecule has 8 aromatic rings. The van der Waals surface area contributed by atoms with Gasteiger partial charge in [0.1, 0.15) is 22.7 Å². The second kappa shape index (κ2) is 18.6. The number of hydrogen-bond acceptors (Lipinski definition) is 5. The molecule has 0 aliphatic carbocycles. The molecule has 4 heterocycles. The van der Waals surface area contributed by atoms with E-state index in [-0.39, 0.29) is 40.7 Å². The van der Waals surface area contributed by atoms with Gasteiger partial charge in [-0.2, -0.15) is 0 Å². The number of aromatic amines is 2. The van der Waals surface area contributed by atoms with Crippen LogP contribution in [0.3, 0.4) is 0 Å². The van der Waals surface area contributed by atoms with Crippen LogP contribution < -0.4 is 44.1 Å². The Balaban J connectivity index is 0.000000179. The number of aryl methyl sites for hydroxylation is 2. The van der Waals surface area contributed by atoms with Gasteiger partial charge in [-0.15, -0.1) is 0 Å². The predicted octanol–water partition coefficient (Wildman–Crippen LogP) is 9.59. The Hall–Kier alpha value is -7.10. The van der Waals surface area contributed by atoms with E-state index in [4.69, 9.17) is 14.6 Å². The standard InChI is InChI=1S/2C29H25NO3.Na/c2*1-18-4-6-19(7-5-18)24-17-29(2,3)33-27-15-12-22(16-23(24)27)26-14-13-25(30-26)20-8-10-21(11-9-20)28(31)32;/h2*4-17,30H,1-3H3,(H,31,32);/q;;+1/p-1. The topological polar surface area (TPSA) is 127 Å². The minimum Gasteiger partial charge on any atom is -0.545 e. The van der Waals surface area contributed by atoms with Gasteiger partial charge in [0.05, 0.1) is 11.5 Å². The molecule has 0 spiro atoms. The number of carboxylic acids is 2. The summed E-state index contributed by atoms with van der Waals surface area (Å²) < 4.78 is 12.5. The summed E-state index contributed by atoms with van der Waals surface area (Å²) in [5.74, 6) is -0.361. The number of carbonyl (C=O) groups excluding carboxylic acids is 1. The number of carboxylic acid groups (broad SMARTS) is 2. The molecule has 0 saturated heterocycles. The molecule has 2 aliphatic rings. The van der Waals surface area contributed by atoms with Crippen molar-refractivity contribution in [3.8, 4) is 56.5 Å². The monoisotopic (exact) mass is 892 g/mol. The molecule has 8 nitrogen and oxygen atoms in total. The largest absolute Gasteiger partial charge is 1.00 e. The van der Waals surface area contributed by atoms with E-state index in [1.165, 1.54) is 22.3 Å². The van der Waals surface area contributed by atoms with Gasteiger partial charge in [-0.25, -0.2) is 4.79 Å². The number of carbonyl (C=O) groups is 2. The molecule has 0 amide bonds. The summed E-state index contributed by atoms with van der Waals surface area (Å²) in [6.45, 7) is 12.5. The normalized spacial score (nSPS) is 14.0. The average molecular weight is 893 g/mol. The molecule has 10 rings (SSSR count). The van der Waals surface area contributed by atoms with Crippen molar-refractivity contribution in [2.75, 3.05) is 0 Å². The Morgan fingerprint density at radius 3 is 1.15 bits per heavy atom. The van der Waals surface area contributed by atoms with Crippen LogP contribution in [0, 0.1) is 13.8 Å². The fraction of sp³-hybridized carbons (Fsp3) is 0.138. The first-order valence-corrected chi connectivity index (χ1v) is 21.9. The fourth-order valence-corrected chi connectivity index (χ4v) is 8.46. The van der Waals surface area contributed by atoms with Crippen LogP contribution in [-0.4, -0.2) is 38.2 Å². The number of fused-ring (bicyclic) bond motifs is 2. The zero-order valence-electron chi connectivity index (χ0n) is 38.7. The number of benzene rings is 6. The number of ether oxygens (including phenoxy) is 2. The molecular formula is C58H49N2NaO6. The predicted molar refractivity (Wildman–Crippen MR) is 261 cm³/mol. The van der Waals surface area contributed by atoms with Gasteiger partial charge >= 0.3 is 35.5 Å². The summed E-state index contributed by atoms with van der Waals surface area (Å²) >= 11 is 0. The van der Waals surface area contributed by atoms with Gasteiger partial charge in [-0.3, -0.25) is 0 Å². The summed E-state index contributed by atoms with van der Waals surface area (Å²) in [5, 5.41) is 20.1. The van der Waals surface area contributed by atoms with Gasteiger partial charge in [0.25, 0.3) is 0 Å². The van der Waals surface area contributed by atoms with Gasteiger partial charge in [-0.05, 0) is 177 Å². The van der Waals surface area contributed by atoms with E-state index in [0.717, 1.165) is 78.8 Å². The van der Waals surface area contributed by atoms with Crippen molar-refractivity contribution in [1.82, 2.24) is 9.97 Å². The first-order valence-electron chi connectivity index (χ1n) is 21.9. The summed E-state index contributed by atoms with van der Waals surface area (Å²) in [7, 11) is 0. The van der Waals surface area contributed by atoms with Gasteiger partial charge in [0.15, 0.2) is 0 Å². The first-order chi connectivity index (χ1) is 31.6. The third kappa shape index (κ3) is 10.2. The molecule has 0 unspecified atom stereocenters. The van der Waals surface area contributed by atoms with E-state index >= 15 is 0 Å². The van der Waals surface area contributed by atoms with E-state index in [2.05, 4.69) is 136 Å². The number of H-pyrrole nitrogens is 2. The van der Waals surface area contributed by atoms with Crippen LogP contribution in [0.5, 0.6) is 11.5 Å². The van der Waals surface area contributed by atoms with Crippen molar-refractivity contribution < 1.29 is 58.8 Å². The van der Waals surface area contributed by atoms with E-state index < -0.39 is 23.1 Å². The van der Waals surface area contributed by atoms with Gasteiger partial charge in [-0.1, -0.05) is 96.1 Å². The fourth-order valence-electron chi connectivity index (χ4n) is 8.46. The summed E-state index contributed by atoms with van der Waals surface area (Å²) in [4.78, 5) is 29.1. The molecule has 0 bridgehead atoms. The van der Waals surface area contributed by atoms with Crippen molar-refractivity contribution in [1.29, 1.82) is 0 Å². The van der Waals surface area contributed by atoms with Crippen molar-refractivity contribution in [3.05, 3.63) is 214 Å². The zero-order chi connectivity index (χ0) is 46.3. The van der Waals surface area contributed by atoms with Crippen LogP contribution >= 0.6 is 0 Å². The number of rotatable bonds is 8. The number of hydrogen-bond donors (Lipinski definition) is 3. The Morgan fingerprint density at radius 2 is 0.791 bits per heavy atom. The molecule has 0 atom stereocenters. The van der Waals surface area contributed by atoms with Crippen LogP contribution in [0.15, 0.2) is 170 Å². The minimum absolute atomic E-state index is 0. The number of aromatic carboxylic acids is 2. The molecule has 6 aromatic carbocycles. The Bertz CT molecular complexity index is 2970. The molecular weight excluding hydrogens is 844 g/mol. The van der Waals surface area contributed by atoms with Gasteiger partial charge < -0.3 is 34.4 Å². The maximum atomic E-state index is 11.1. The number of aromatic nitrogens is 2. The molecule has 67 heavy (non-hydrogen) atoms. The van der Waals surface area contributed by atoms with Crippen LogP contribution in [0.1, 0.15) is 81.8 Å². The van der Waals surface area contributed by atoms with Gasteiger partial charge in [0.2, 0.25) is 0 Å². The van der Waals surface area contributed by atoms with E-state index in [1.807, 2.05) is 48.5 Å². The Morgan fingerprint density at radius 1 is 0.463 bits per heavy atom. The number of nitrogens with one attached hydrogen (secondary N) is 2. The third-order valence-electron chi connectivity index (χ3n) is 11.9. The van der Waals surface area contributed by atoms with E-state index in [9.17, 15) is 14.7 Å². The summed E-state index contributed by atoms with van der Waals surface area (Å²) in [6.07, 6.45) is 4.37. The Kier molecular flexibility index (Phi) is 12.9. The molecule has 3 N–H and O–H groups in total. The maximum Gasteiger partial charge on any atom is 1.00 e. The Labute approximate surface area is 413 Å². The van der Waals surface area contributed by atoms with E-state index in [0.29, 0.717) is 0 Å². The minimum atomic E-state index is -1.18. The van der Waals surface area contributed by atoms with Crippen LogP contribution in [-0.2, 0) is 0 Å². The van der Waals surface area contributed by atoms with Gasteiger partial charge in [0, 0.05) is 33.9 Å². The van der Waals surface area contributed by atoms with Crippen LogP contribution in [0.2, 0.25) is 0 Å². The average Bonchev–Trinajstić information content (AvgIpc) is 4.01. The second-order valence-corrected chi connectivity index (χ2v) is 18.0. The molecule has 328 valence electrons. The summed E-state index contributed by atoms with van der Waals surface area (Å²) in [6, 6.07) is 51.3. The third-order valence-corrected chi connectivity index (χ3v) is 11.9.